The fourth-order valence-electron chi connectivity index (χ4n) is 0.976. The van der Waals surface area contributed by atoms with Crippen LogP contribution in [0.5, 0.6) is 5.75 Å². The molecule has 0 aliphatic rings. The van der Waals surface area contributed by atoms with Gasteiger partial charge in [0.2, 0.25) is 0 Å². The highest BCUT2D eigenvalue weighted by atomic mass is 19.1. The summed E-state index contributed by atoms with van der Waals surface area (Å²) < 4.78 is 17.9. The molecule has 0 saturated carbocycles. The fourth-order valence-corrected chi connectivity index (χ4v) is 0.976. The van der Waals surface area contributed by atoms with E-state index in [1.165, 1.54) is 12.1 Å². The molecule has 0 amide bonds. The molecule has 1 rings (SSSR count). The summed E-state index contributed by atoms with van der Waals surface area (Å²) >= 11 is 0. The van der Waals surface area contributed by atoms with Crippen LogP contribution in [0.3, 0.4) is 0 Å². The second-order valence-electron chi connectivity index (χ2n) is 3.04. The van der Waals surface area contributed by atoms with Gasteiger partial charge in [0.1, 0.15) is 11.6 Å². The number of hydrogen-bond acceptors (Lipinski definition) is 3. The topological polar surface area (TPSA) is 55.5 Å². The molecule has 14 heavy (non-hydrogen) atoms. The van der Waals surface area contributed by atoms with E-state index in [1.807, 2.05) is 0 Å². The zero-order valence-electron chi connectivity index (χ0n) is 7.82. The molecule has 1 aromatic rings. The second kappa shape index (κ2) is 5.57. The zero-order valence-corrected chi connectivity index (χ0v) is 7.82. The summed E-state index contributed by atoms with van der Waals surface area (Å²) in [5, 5.41) is 8.64. The highest BCUT2D eigenvalue weighted by Crippen LogP contribution is 2.11. The van der Waals surface area contributed by atoms with Crippen LogP contribution in [0.15, 0.2) is 24.3 Å². The second-order valence-corrected chi connectivity index (χ2v) is 3.04. The Morgan fingerprint density at radius 3 is 2.93 bits per heavy atom. The molecule has 0 fully saturated rings. The van der Waals surface area contributed by atoms with Gasteiger partial charge in [-0.1, -0.05) is 6.07 Å². The van der Waals surface area contributed by atoms with Gasteiger partial charge in [-0.2, -0.15) is 0 Å². The van der Waals surface area contributed by atoms with Gasteiger partial charge in [0, 0.05) is 12.1 Å². The van der Waals surface area contributed by atoms with Crippen LogP contribution in [0.2, 0.25) is 0 Å². The van der Waals surface area contributed by atoms with Gasteiger partial charge in [0.25, 0.3) is 0 Å². The number of benzene rings is 1. The molecule has 0 aromatic heterocycles. The number of rotatable bonds is 5. The number of aliphatic hydroxyl groups is 1. The van der Waals surface area contributed by atoms with Crippen LogP contribution in [0.1, 0.15) is 6.42 Å². The summed E-state index contributed by atoms with van der Waals surface area (Å²) in [6, 6.07) is 5.64. The van der Waals surface area contributed by atoms with E-state index in [4.69, 9.17) is 15.6 Å². The molecule has 4 heteroatoms. The Hall–Kier alpha value is -1.13. The predicted octanol–water partition coefficient (Wildman–Crippen LogP) is 0.914. The van der Waals surface area contributed by atoms with E-state index < -0.39 is 0 Å². The normalized spacial score (nSPS) is 12.5. The largest absolute Gasteiger partial charge is 0.493 e. The van der Waals surface area contributed by atoms with Gasteiger partial charge in [-0.05, 0) is 18.6 Å². The minimum atomic E-state index is -0.325. The molecule has 78 valence electrons. The minimum Gasteiger partial charge on any atom is -0.493 e. The summed E-state index contributed by atoms with van der Waals surface area (Å²) in [5.41, 5.74) is 5.46. The summed E-state index contributed by atoms with van der Waals surface area (Å²) in [6.07, 6.45) is 0.549. The van der Waals surface area contributed by atoms with Crippen molar-refractivity contribution in [1.29, 1.82) is 0 Å². The monoisotopic (exact) mass is 199 g/mol. The first kappa shape index (κ1) is 10.9. The van der Waals surface area contributed by atoms with Crippen molar-refractivity contribution in [3.8, 4) is 5.75 Å². The maximum Gasteiger partial charge on any atom is 0.126 e. The molecule has 0 spiro atoms. The van der Waals surface area contributed by atoms with Gasteiger partial charge in [-0.25, -0.2) is 4.39 Å². The molecule has 0 heterocycles. The zero-order chi connectivity index (χ0) is 10.4. The lowest BCUT2D eigenvalue weighted by Gasteiger charge is -2.09. The smallest absolute Gasteiger partial charge is 0.126 e. The Morgan fingerprint density at radius 1 is 1.50 bits per heavy atom. The van der Waals surface area contributed by atoms with Crippen molar-refractivity contribution in [1.82, 2.24) is 0 Å². The predicted molar refractivity (Wildman–Crippen MR) is 51.6 cm³/mol. The van der Waals surface area contributed by atoms with E-state index in [2.05, 4.69) is 0 Å². The van der Waals surface area contributed by atoms with Crippen LogP contribution in [0.25, 0.3) is 0 Å². The highest BCUT2D eigenvalue weighted by Gasteiger charge is 2.01. The van der Waals surface area contributed by atoms with Gasteiger partial charge in [-0.3, -0.25) is 0 Å². The van der Waals surface area contributed by atoms with Gasteiger partial charge in [0.05, 0.1) is 13.2 Å². The lowest BCUT2D eigenvalue weighted by Crippen LogP contribution is -2.26. The van der Waals surface area contributed by atoms with Crippen LogP contribution in [-0.4, -0.2) is 24.4 Å². The van der Waals surface area contributed by atoms with Crippen molar-refractivity contribution in [3.63, 3.8) is 0 Å². The third kappa shape index (κ3) is 3.72. The molecule has 0 saturated heterocycles. The molecule has 0 aliphatic carbocycles. The Kier molecular flexibility index (Phi) is 4.35. The Balaban J connectivity index is 2.31. The standard InChI is InChI=1S/C10H14FNO2/c11-8-2-1-3-10(6-8)14-5-4-9(12)7-13/h1-3,6,9,13H,4-5,7,12H2/t9-/m0/s1. The third-order valence-electron chi connectivity index (χ3n) is 1.79. The summed E-state index contributed by atoms with van der Waals surface area (Å²) in [6.45, 7) is 0.317. The lowest BCUT2D eigenvalue weighted by atomic mass is 10.2. The number of hydrogen-bond donors (Lipinski definition) is 2. The molecule has 0 bridgehead atoms. The van der Waals surface area contributed by atoms with Crippen LogP contribution in [0.4, 0.5) is 4.39 Å². The number of aliphatic hydroxyl groups excluding tert-OH is 1. The van der Waals surface area contributed by atoms with Crippen molar-refractivity contribution in [2.45, 2.75) is 12.5 Å². The van der Waals surface area contributed by atoms with Crippen LogP contribution in [0, 0.1) is 5.82 Å². The molecular weight excluding hydrogens is 185 g/mol. The quantitative estimate of drug-likeness (QED) is 0.741. The van der Waals surface area contributed by atoms with Crippen molar-refractivity contribution in [2.24, 2.45) is 5.73 Å². The number of halogens is 1. The molecule has 3 N–H and O–H groups in total. The maximum atomic E-state index is 12.7. The van der Waals surface area contributed by atoms with Crippen LogP contribution in [-0.2, 0) is 0 Å². The summed E-state index contributed by atoms with van der Waals surface area (Å²) in [4.78, 5) is 0. The molecule has 1 atom stereocenters. The van der Waals surface area contributed by atoms with Crippen molar-refractivity contribution >= 4 is 0 Å². The molecular formula is C10H14FNO2. The first-order chi connectivity index (χ1) is 6.72. The average Bonchev–Trinajstić information content (AvgIpc) is 2.17. The van der Waals surface area contributed by atoms with Crippen LogP contribution < -0.4 is 10.5 Å². The third-order valence-corrected chi connectivity index (χ3v) is 1.79. The van der Waals surface area contributed by atoms with E-state index >= 15 is 0 Å². The SMILES string of the molecule is N[C@H](CO)CCOc1cccc(F)c1. The van der Waals surface area contributed by atoms with E-state index in [0.29, 0.717) is 18.8 Å². The van der Waals surface area contributed by atoms with E-state index in [0.717, 1.165) is 0 Å². The van der Waals surface area contributed by atoms with Gasteiger partial charge >= 0.3 is 0 Å². The van der Waals surface area contributed by atoms with Crippen LogP contribution >= 0.6 is 0 Å². The van der Waals surface area contributed by atoms with Gasteiger partial charge < -0.3 is 15.6 Å². The van der Waals surface area contributed by atoms with E-state index in [9.17, 15) is 4.39 Å². The Bertz CT molecular complexity index is 281. The molecule has 1 aromatic carbocycles. The first-order valence-corrected chi connectivity index (χ1v) is 4.47. The molecule has 0 unspecified atom stereocenters. The maximum absolute atomic E-state index is 12.7. The average molecular weight is 199 g/mol. The number of ether oxygens (including phenoxy) is 1. The lowest BCUT2D eigenvalue weighted by molar-refractivity contribution is 0.230. The van der Waals surface area contributed by atoms with Crippen molar-refractivity contribution in [2.75, 3.05) is 13.2 Å². The summed E-state index contributed by atoms with van der Waals surface area (Å²) in [5.74, 6) is 0.157. The Labute approximate surface area is 82.3 Å². The van der Waals surface area contributed by atoms with Crippen molar-refractivity contribution in [3.05, 3.63) is 30.1 Å². The summed E-state index contributed by atoms with van der Waals surface area (Å²) in [7, 11) is 0. The van der Waals surface area contributed by atoms with Gasteiger partial charge in [-0.15, -0.1) is 0 Å². The van der Waals surface area contributed by atoms with Gasteiger partial charge in [0.15, 0.2) is 0 Å². The molecule has 0 radical (unpaired) electrons. The minimum absolute atomic E-state index is 0.0630. The number of nitrogens with two attached hydrogens (primary N) is 1. The highest BCUT2D eigenvalue weighted by molar-refractivity contribution is 5.22. The molecule has 0 aliphatic heterocycles. The van der Waals surface area contributed by atoms with Crippen molar-refractivity contribution < 1.29 is 14.2 Å². The Morgan fingerprint density at radius 2 is 2.29 bits per heavy atom. The fraction of sp³-hybridized carbons (Fsp3) is 0.400. The molecule has 3 nitrogen and oxygen atoms in total. The van der Waals surface area contributed by atoms with E-state index in [1.54, 1.807) is 12.1 Å². The van der Waals surface area contributed by atoms with E-state index in [-0.39, 0.29) is 18.5 Å². The first-order valence-electron chi connectivity index (χ1n) is 4.47.